The van der Waals surface area contributed by atoms with Crippen molar-refractivity contribution in [2.75, 3.05) is 32.8 Å². The van der Waals surface area contributed by atoms with Crippen LogP contribution in [-0.2, 0) is 14.3 Å². The number of esters is 1. The standard InChI is InChI=1S/C22H20ClNO6/c1-27-17-8-7-14(20(28-2)21(17)29-3)15-10-18(25)24(13-6-4-5-12(23)9-13)16-11-30-22(26)19(15)16/h4-9,15H,10-11H2,1-3H3/t15-/m1/s1. The van der Waals surface area contributed by atoms with Crippen LogP contribution in [0.5, 0.6) is 17.2 Å². The van der Waals surface area contributed by atoms with Gasteiger partial charge in [-0.15, -0.1) is 0 Å². The average Bonchev–Trinajstić information content (AvgIpc) is 3.13. The number of hydrogen-bond donors (Lipinski definition) is 0. The van der Waals surface area contributed by atoms with E-state index in [1.54, 1.807) is 36.4 Å². The molecule has 0 radical (unpaired) electrons. The first-order valence-electron chi connectivity index (χ1n) is 9.27. The van der Waals surface area contributed by atoms with E-state index >= 15 is 0 Å². The third-order valence-corrected chi connectivity index (χ3v) is 5.53. The molecule has 0 fully saturated rings. The number of rotatable bonds is 5. The molecule has 7 nitrogen and oxygen atoms in total. The molecule has 156 valence electrons. The van der Waals surface area contributed by atoms with E-state index in [1.165, 1.54) is 26.2 Å². The summed E-state index contributed by atoms with van der Waals surface area (Å²) < 4.78 is 21.7. The monoisotopic (exact) mass is 429 g/mol. The third kappa shape index (κ3) is 3.15. The van der Waals surface area contributed by atoms with Gasteiger partial charge in [0.2, 0.25) is 11.7 Å². The number of carbonyl (C=O) groups is 2. The molecular weight excluding hydrogens is 410 g/mol. The van der Waals surface area contributed by atoms with Crippen LogP contribution in [0.4, 0.5) is 5.69 Å². The molecule has 2 heterocycles. The average molecular weight is 430 g/mol. The van der Waals surface area contributed by atoms with Gasteiger partial charge in [-0.05, 0) is 24.3 Å². The van der Waals surface area contributed by atoms with Gasteiger partial charge in [-0.3, -0.25) is 9.69 Å². The number of hydrogen-bond acceptors (Lipinski definition) is 6. The van der Waals surface area contributed by atoms with Crippen LogP contribution in [0.1, 0.15) is 17.9 Å². The minimum Gasteiger partial charge on any atom is -0.493 e. The molecule has 0 unspecified atom stereocenters. The lowest BCUT2D eigenvalue weighted by Crippen LogP contribution is -2.37. The van der Waals surface area contributed by atoms with Crippen LogP contribution < -0.4 is 19.1 Å². The van der Waals surface area contributed by atoms with E-state index in [9.17, 15) is 9.59 Å². The summed E-state index contributed by atoms with van der Waals surface area (Å²) in [5.41, 5.74) is 2.19. The van der Waals surface area contributed by atoms with Crippen molar-refractivity contribution in [3.05, 3.63) is 58.3 Å². The van der Waals surface area contributed by atoms with Crippen LogP contribution in [0.15, 0.2) is 47.7 Å². The second kappa shape index (κ2) is 7.91. The highest BCUT2D eigenvalue weighted by Gasteiger charge is 2.44. The van der Waals surface area contributed by atoms with Crippen molar-refractivity contribution in [3.63, 3.8) is 0 Å². The van der Waals surface area contributed by atoms with Gasteiger partial charge in [0.05, 0.1) is 38.3 Å². The van der Waals surface area contributed by atoms with E-state index < -0.39 is 11.9 Å². The summed E-state index contributed by atoms with van der Waals surface area (Å²) in [5, 5.41) is 0.497. The molecule has 4 rings (SSSR count). The number of carbonyl (C=O) groups excluding carboxylic acids is 2. The molecule has 2 aliphatic heterocycles. The number of anilines is 1. The maximum atomic E-state index is 13.2. The van der Waals surface area contributed by atoms with Gasteiger partial charge < -0.3 is 18.9 Å². The number of amides is 1. The van der Waals surface area contributed by atoms with Crippen molar-refractivity contribution in [1.82, 2.24) is 0 Å². The Morgan fingerprint density at radius 1 is 1.03 bits per heavy atom. The lowest BCUT2D eigenvalue weighted by Gasteiger charge is -2.32. The quantitative estimate of drug-likeness (QED) is 0.675. The molecule has 2 aromatic carbocycles. The predicted octanol–water partition coefficient (Wildman–Crippen LogP) is 3.70. The molecule has 0 bridgehead atoms. The Kier molecular flexibility index (Phi) is 5.30. The molecule has 8 heteroatoms. The molecule has 30 heavy (non-hydrogen) atoms. The molecule has 1 amide bonds. The molecule has 0 saturated heterocycles. The van der Waals surface area contributed by atoms with Crippen molar-refractivity contribution in [2.45, 2.75) is 12.3 Å². The summed E-state index contributed by atoms with van der Waals surface area (Å²) in [6.45, 7) is 0.0124. The lowest BCUT2D eigenvalue weighted by atomic mass is 9.83. The topological polar surface area (TPSA) is 74.3 Å². The van der Waals surface area contributed by atoms with Gasteiger partial charge in [-0.25, -0.2) is 4.79 Å². The minimum atomic E-state index is -0.535. The van der Waals surface area contributed by atoms with Gasteiger partial charge in [0, 0.05) is 22.9 Å². The largest absolute Gasteiger partial charge is 0.493 e. The van der Waals surface area contributed by atoms with Crippen molar-refractivity contribution >= 4 is 29.2 Å². The van der Waals surface area contributed by atoms with Crippen LogP contribution in [0, 0.1) is 0 Å². The first-order chi connectivity index (χ1) is 14.5. The SMILES string of the molecule is COc1ccc([C@H]2CC(=O)N(c3cccc(Cl)c3)C3=C2C(=O)OC3)c(OC)c1OC. The zero-order valence-electron chi connectivity index (χ0n) is 16.7. The maximum absolute atomic E-state index is 13.2. The third-order valence-electron chi connectivity index (χ3n) is 5.29. The van der Waals surface area contributed by atoms with Crippen molar-refractivity contribution in [2.24, 2.45) is 0 Å². The van der Waals surface area contributed by atoms with E-state index in [-0.39, 0.29) is 18.9 Å². The summed E-state index contributed by atoms with van der Waals surface area (Å²) in [7, 11) is 4.54. The molecule has 0 spiro atoms. The fourth-order valence-electron chi connectivity index (χ4n) is 4.03. The lowest BCUT2D eigenvalue weighted by molar-refractivity contribution is -0.136. The normalized spacial score (nSPS) is 18.3. The highest BCUT2D eigenvalue weighted by atomic mass is 35.5. The highest BCUT2D eigenvalue weighted by Crippen LogP contribution is 2.49. The zero-order valence-corrected chi connectivity index (χ0v) is 17.5. The van der Waals surface area contributed by atoms with E-state index in [4.69, 9.17) is 30.5 Å². The van der Waals surface area contributed by atoms with Crippen LogP contribution in [0.2, 0.25) is 5.02 Å². The number of ether oxygens (including phenoxy) is 4. The summed E-state index contributed by atoms with van der Waals surface area (Å²) in [4.78, 5) is 27.4. The number of nitrogens with zero attached hydrogens (tertiary/aromatic N) is 1. The van der Waals surface area contributed by atoms with Crippen LogP contribution in [0.25, 0.3) is 0 Å². The Bertz CT molecular complexity index is 1060. The Morgan fingerprint density at radius 3 is 2.47 bits per heavy atom. The summed E-state index contributed by atoms with van der Waals surface area (Å²) in [6, 6.07) is 10.4. The van der Waals surface area contributed by atoms with Crippen molar-refractivity contribution in [1.29, 1.82) is 0 Å². The van der Waals surface area contributed by atoms with E-state index in [0.717, 1.165) is 0 Å². The number of halogens is 1. The maximum Gasteiger partial charge on any atom is 0.336 e. The fourth-order valence-corrected chi connectivity index (χ4v) is 4.22. The van der Waals surface area contributed by atoms with Gasteiger partial charge in [0.15, 0.2) is 11.5 Å². The Balaban J connectivity index is 1.88. The smallest absolute Gasteiger partial charge is 0.336 e. The van der Waals surface area contributed by atoms with Crippen molar-refractivity contribution < 1.29 is 28.5 Å². The molecule has 0 aliphatic carbocycles. The van der Waals surface area contributed by atoms with E-state index in [0.29, 0.717) is 44.8 Å². The predicted molar refractivity (Wildman–Crippen MR) is 110 cm³/mol. The van der Waals surface area contributed by atoms with Gasteiger partial charge >= 0.3 is 5.97 Å². The number of benzene rings is 2. The number of methoxy groups -OCH3 is 3. The second-order valence-corrected chi connectivity index (χ2v) is 7.26. The molecule has 1 atom stereocenters. The van der Waals surface area contributed by atoms with Crippen LogP contribution >= 0.6 is 11.6 Å². The first kappa shape index (κ1) is 20.1. The van der Waals surface area contributed by atoms with E-state index in [2.05, 4.69) is 0 Å². The summed E-state index contributed by atoms with van der Waals surface area (Å²) in [6.07, 6.45) is 0.0618. The molecule has 0 saturated carbocycles. The Morgan fingerprint density at radius 2 is 1.80 bits per heavy atom. The molecule has 0 aromatic heterocycles. The second-order valence-electron chi connectivity index (χ2n) is 6.83. The highest BCUT2D eigenvalue weighted by molar-refractivity contribution is 6.31. The zero-order chi connectivity index (χ0) is 21.4. The molecule has 2 aliphatic rings. The Hall–Kier alpha value is -3.19. The van der Waals surface area contributed by atoms with Gasteiger partial charge in [-0.2, -0.15) is 0 Å². The van der Waals surface area contributed by atoms with Crippen LogP contribution in [0.3, 0.4) is 0 Å². The van der Waals surface area contributed by atoms with Gasteiger partial charge in [0.25, 0.3) is 0 Å². The summed E-state index contributed by atoms with van der Waals surface area (Å²) in [5.74, 6) is 0.146. The van der Waals surface area contributed by atoms with Gasteiger partial charge in [-0.1, -0.05) is 23.7 Å². The Labute approximate surface area is 178 Å². The molecule has 0 N–H and O–H groups in total. The number of cyclic esters (lactones) is 1. The molecular formula is C22H20ClNO6. The first-order valence-corrected chi connectivity index (χ1v) is 9.65. The van der Waals surface area contributed by atoms with Crippen LogP contribution in [-0.4, -0.2) is 39.8 Å². The summed E-state index contributed by atoms with van der Waals surface area (Å²) >= 11 is 6.11. The fraction of sp³-hybridized carbons (Fsp3) is 0.273. The van der Waals surface area contributed by atoms with Gasteiger partial charge in [0.1, 0.15) is 6.61 Å². The van der Waals surface area contributed by atoms with E-state index in [1.807, 2.05) is 0 Å². The minimum absolute atomic E-state index is 0.0124. The van der Waals surface area contributed by atoms with Crippen molar-refractivity contribution in [3.8, 4) is 17.2 Å². The molecule has 2 aromatic rings.